The molecule has 1 aromatic carbocycles. The summed E-state index contributed by atoms with van der Waals surface area (Å²) in [6, 6.07) is 8.49. The summed E-state index contributed by atoms with van der Waals surface area (Å²) in [6.07, 6.45) is 2.22. The van der Waals surface area contributed by atoms with Crippen LogP contribution in [0.15, 0.2) is 28.7 Å². The molecule has 19 heavy (non-hydrogen) atoms. The molecule has 2 aliphatic rings. The fourth-order valence-corrected chi connectivity index (χ4v) is 2.83. The van der Waals surface area contributed by atoms with Crippen molar-refractivity contribution in [3.8, 4) is 0 Å². The lowest BCUT2D eigenvalue weighted by Gasteiger charge is -2.34. The van der Waals surface area contributed by atoms with Crippen molar-refractivity contribution in [3.05, 3.63) is 34.3 Å². The highest BCUT2D eigenvalue weighted by Crippen LogP contribution is 2.31. The molecule has 0 N–H and O–H groups in total. The highest BCUT2D eigenvalue weighted by atomic mass is 79.9. The largest absolute Gasteiger partial charge is 0.340 e. The van der Waals surface area contributed by atoms with Gasteiger partial charge in [0.15, 0.2) is 0 Å². The summed E-state index contributed by atoms with van der Waals surface area (Å²) in [5.74, 6) is 0.751. The fraction of sp³-hybridized carbons (Fsp3) is 0.533. The quantitative estimate of drug-likeness (QED) is 0.853. The Bertz CT molecular complexity index is 448. The molecule has 0 spiro atoms. The first-order valence-electron chi connectivity index (χ1n) is 6.98. The topological polar surface area (TPSA) is 23.6 Å². The lowest BCUT2D eigenvalue weighted by Crippen LogP contribution is -2.48. The smallest absolute Gasteiger partial charge is 0.225 e. The molecule has 0 unspecified atom stereocenters. The number of amides is 1. The monoisotopic (exact) mass is 322 g/mol. The number of rotatable bonds is 3. The zero-order chi connectivity index (χ0) is 13.2. The highest BCUT2D eigenvalue weighted by molar-refractivity contribution is 9.10. The van der Waals surface area contributed by atoms with Crippen LogP contribution in [0.1, 0.15) is 18.4 Å². The van der Waals surface area contributed by atoms with E-state index in [2.05, 4.69) is 50.0 Å². The van der Waals surface area contributed by atoms with Crippen molar-refractivity contribution in [2.75, 3.05) is 26.2 Å². The van der Waals surface area contributed by atoms with Crippen LogP contribution in [0.5, 0.6) is 0 Å². The number of hydrogen-bond donors (Lipinski definition) is 0. The minimum Gasteiger partial charge on any atom is -0.340 e. The van der Waals surface area contributed by atoms with Gasteiger partial charge in [0, 0.05) is 43.1 Å². The molecule has 3 nitrogen and oxygen atoms in total. The van der Waals surface area contributed by atoms with Crippen molar-refractivity contribution in [1.82, 2.24) is 9.80 Å². The van der Waals surface area contributed by atoms with Crippen LogP contribution in [0.3, 0.4) is 0 Å². The van der Waals surface area contributed by atoms with E-state index < -0.39 is 0 Å². The van der Waals surface area contributed by atoms with Gasteiger partial charge in [-0.1, -0.05) is 28.1 Å². The van der Waals surface area contributed by atoms with Gasteiger partial charge in [0.1, 0.15) is 0 Å². The Kier molecular flexibility index (Phi) is 3.89. The molecule has 1 saturated heterocycles. The van der Waals surface area contributed by atoms with Gasteiger partial charge in [0.2, 0.25) is 5.91 Å². The third-order valence-corrected chi connectivity index (χ3v) is 4.46. The predicted octanol–water partition coefficient (Wildman–Crippen LogP) is 2.50. The lowest BCUT2D eigenvalue weighted by molar-refractivity contribution is -0.134. The summed E-state index contributed by atoms with van der Waals surface area (Å²) < 4.78 is 1.12. The molecule has 102 valence electrons. The number of piperazine rings is 1. The summed E-state index contributed by atoms with van der Waals surface area (Å²) in [6.45, 7) is 4.76. The van der Waals surface area contributed by atoms with Crippen molar-refractivity contribution in [3.63, 3.8) is 0 Å². The molecule has 0 bridgehead atoms. The van der Waals surface area contributed by atoms with Gasteiger partial charge >= 0.3 is 0 Å². The Balaban J connectivity index is 1.49. The van der Waals surface area contributed by atoms with Gasteiger partial charge in [-0.3, -0.25) is 9.69 Å². The van der Waals surface area contributed by atoms with Gasteiger partial charge in [-0.2, -0.15) is 0 Å². The number of carbonyl (C=O) groups excluding carboxylic acids is 1. The van der Waals surface area contributed by atoms with Crippen molar-refractivity contribution < 1.29 is 4.79 Å². The Morgan fingerprint density at radius 2 is 1.74 bits per heavy atom. The molecule has 2 fully saturated rings. The first-order chi connectivity index (χ1) is 9.22. The van der Waals surface area contributed by atoms with Gasteiger partial charge < -0.3 is 4.90 Å². The van der Waals surface area contributed by atoms with E-state index in [-0.39, 0.29) is 0 Å². The first kappa shape index (κ1) is 13.1. The second-order valence-corrected chi connectivity index (χ2v) is 6.42. The van der Waals surface area contributed by atoms with Crippen LogP contribution in [-0.4, -0.2) is 41.9 Å². The Hall–Kier alpha value is -0.870. The molecular formula is C15H19BrN2O. The van der Waals surface area contributed by atoms with Gasteiger partial charge in [-0.15, -0.1) is 0 Å². The molecular weight excluding hydrogens is 304 g/mol. The average Bonchev–Trinajstić information content (AvgIpc) is 3.26. The van der Waals surface area contributed by atoms with Crippen LogP contribution in [0.25, 0.3) is 0 Å². The normalized spacial score (nSPS) is 20.6. The standard InChI is InChI=1S/C15H19BrN2O/c16-14-5-1-12(2-6-14)11-17-7-9-18(10-8-17)15(19)13-3-4-13/h1-2,5-6,13H,3-4,7-11H2. The van der Waals surface area contributed by atoms with Gasteiger partial charge in [0.25, 0.3) is 0 Å². The summed E-state index contributed by atoms with van der Waals surface area (Å²) in [4.78, 5) is 16.4. The Labute approximate surface area is 122 Å². The fourth-order valence-electron chi connectivity index (χ4n) is 2.56. The number of halogens is 1. The highest BCUT2D eigenvalue weighted by Gasteiger charge is 2.34. The van der Waals surface area contributed by atoms with Gasteiger partial charge in [-0.25, -0.2) is 0 Å². The van der Waals surface area contributed by atoms with Crippen LogP contribution in [0.4, 0.5) is 0 Å². The molecule has 1 aliphatic carbocycles. The molecule has 4 heteroatoms. The molecule has 1 aromatic rings. The summed E-state index contributed by atoms with van der Waals surface area (Å²) in [7, 11) is 0. The van der Waals surface area contributed by atoms with Crippen LogP contribution in [-0.2, 0) is 11.3 Å². The molecule has 1 saturated carbocycles. The second kappa shape index (κ2) is 5.63. The number of benzene rings is 1. The zero-order valence-electron chi connectivity index (χ0n) is 11.0. The Morgan fingerprint density at radius 1 is 1.11 bits per heavy atom. The third-order valence-electron chi connectivity index (χ3n) is 3.93. The maximum Gasteiger partial charge on any atom is 0.225 e. The molecule has 0 radical (unpaired) electrons. The van der Waals surface area contributed by atoms with Crippen molar-refractivity contribution in [1.29, 1.82) is 0 Å². The summed E-state index contributed by atoms with van der Waals surface area (Å²) in [5, 5.41) is 0. The summed E-state index contributed by atoms with van der Waals surface area (Å²) >= 11 is 3.46. The van der Waals surface area contributed by atoms with Crippen molar-refractivity contribution in [2.24, 2.45) is 5.92 Å². The van der Waals surface area contributed by atoms with Gasteiger partial charge in [-0.05, 0) is 30.5 Å². The minimum atomic E-state index is 0.359. The van der Waals surface area contributed by atoms with E-state index >= 15 is 0 Å². The van der Waals surface area contributed by atoms with Crippen molar-refractivity contribution in [2.45, 2.75) is 19.4 Å². The molecule has 3 rings (SSSR count). The average molecular weight is 323 g/mol. The molecule has 1 aliphatic heterocycles. The second-order valence-electron chi connectivity index (χ2n) is 5.50. The minimum absolute atomic E-state index is 0.359. The van der Waals surface area contributed by atoms with E-state index in [0.29, 0.717) is 11.8 Å². The van der Waals surface area contributed by atoms with Crippen LogP contribution in [0.2, 0.25) is 0 Å². The maximum absolute atomic E-state index is 12.0. The van der Waals surface area contributed by atoms with E-state index in [4.69, 9.17) is 0 Å². The third kappa shape index (κ3) is 3.37. The SMILES string of the molecule is O=C(C1CC1)N1CCN(Cc2ccc(Br)cc2)CC1. The van der Waals surface area contributed by atoms with Crippen molar-refractivity contribution >= 4 is 21.8 Å². The van der Waals surface area contributed by atoms with Crippen LogP contribution >= 0.6 is 15.9 Å². The van der Waals surface area contributed by atoms with E-state index in [1.54, 1.807) is 0 Å². The molecule has 1 heterocycles. The zero-order valence-corrected chi connectivity index (χ0v) is 12.6. The molecule has 0 atom stereocenters. The van der Waals surface area contributed by atoms with Crippen LogP contribution in [0, 0.1) is 5.92 Å². The number of carbonyl (C=O) groups is 1. The predicted molar refractivity (Wildman–Crippen MR) is 78.7 cm³/mol. The van der Waals surface area contributed by atoms with E-state index in [1.807, 2.05) is 0 Å². The molecule has 0 aromatic heterocycles. The first-order valence-corrected chi connectivity index (χ1v) is 7.77. The summed E-state index contributed by atoms with van der Waals surface area (Å²) in [5.41, 5.74) is 1.34. The van der Waals surface area contributed by atoms with E-state index in [1.165, 1.54) is 5.56 Å². The van der Waals surface area contributed by atoms with Crippen LogP contribution < -0.4 is 0 Å². The lowest BCUT2D eigenvalue weighted by atomic mass is 10.2. The number of nitrogens with zero attached hydrogens (tertiary/aromatic N) is 2. The Morgan fingerprint density at radius 3 is 2.32 bits per heavy atom. The van der Waals surface area contributed by atoms with E-state index in [9.17, 15) is 4.79 Å². The van der Waals surface area contributed by atoms with E-state index in [0.717, 1.165) is 50.0 Å². The molecule has 1 amide bonds. The maximum atomic E-state index is 12.0. The van der Waals surface area contributed by atoms with Gasteiger partial charge in [0.05, 0.1) is 0 Å². The number of hydrogen-bond acceptors (Lipinski definition) is 2.